The highest BCUT2D eigenvalue weighted by molar-refractivity contribution is 5.83. The Hall–Kier alpha value is -3.20. The SMILES string of the molecule is COCC(C)n1cc(Nc2nc(C#N)c3ccn(C(C)COC)c3n2)c(OC2COC2)n1. The summed E-state index contributed by atoms with van der Waals surface area (Å²) in [5.74, 6) is 0.707. The Morgan fingerprint density at radius 3 is 2.62 bits per heavy atom. The van der Waals surface area contributed by atoms with E-state index in [4.69, 9.17) is 18.9 Å². The van der Waals surface area contributed by atoms with Crippen LogP contribution < -0.4 is 10.1 Å². The summed E-state index contributed by atoms with van der Waals surface area (Å²) in [5.41, 5.74) is 1.54. The van der Waals surface area contributed by atoms with Gasteiger partial charge in [0, 0.05) is 20.4 Å². The molecule has 4 rings (SSSR count). The lowest BCUT2D eigenvalue weighted by molar-refractivity contribution is -0.0813. The normalized spacial score (nSPS) is 15.8. The van der Waals surface area contributed by atoms with Gasteiger partial charge in [0.25, 0.3) is 5.88 Å². The minimum absolute atomic E-state index is 0.000680. The Kier molecular flexibility index (Phi) is 6.55. The van der Waals surface area contributed by atoms with E-state index in [9.17, 15) is 5.26 Å². The maximum absolute atomic E-state index is 9.66. The van der Waals surface area contributed by atoms with E-state index in [0.717, 1.165) is 0 Å². The van der Waals surface area contributed by atoms with Crippen molar-refractivity contribution in [3.8, 4) is 11.9 Å². The fourth-order valence-corrected chi connectivity index (χ4v) is 3.50. The maximum atomic E-state index is 9.66. The quantitative estimate of drug-likeness (QED) is 0.505. The van der Waals surface area contributed by atoms with Gasteiger partial charge in [0.05, 0.1) is 50.1 Å². The molecule has 1 N–H and O–H groups in total. The molecule has 0 amide bonds. The van der Waals surface area contributed by atoms with Crippen molar-refractivity contribution in [1.29, 1.82) is 5.26 Å². The van der Waals surface area contributed by atoms with Gasteiger partial charge >= 0.3 is 0 Å². The minimum atomic E-state index is -0.0539. The molecule has 1 saturated heterocycles. The lowest BCUT2D eigenvalue weighted by Crippen LogP contribution is -2.38. The third kappa shape index (κ3) is 4.38. The van der Waals surface area contributed by atoms with Crippen LogP contribution in [0.2, 0.25) is 0 Å². The summed E-state index contributed by atoms with van der Waals surface area (Å²) in [5, 5.41) is 18.1. The van der Waals surface area contributed by atoms with Gasteiger partial charge in [0.2, 0.25) is 5.95 Å². The van der Waals surface area contributed by atoms with Crippen molar-refractivity contribution in [2.24, 2.45) is 0 Å². The maximum Gasteiger partial charge on any atom is 0.257 e. The molecular weight excluding hydrogens is 414 g/mol. The van der Waals surface area contributed by atoms with E-state index in [1.807, 2.05) is 36.9 Å². The van der Waals surface area contributed by atoms with Crippen LogP contribution in [-0.4, -0.2) is 71.1 Å². The number of anilines is 2. The molecule has 0 saturated carbocycles. The van der Waals surface area contributed by atoms with Crippen molar-refractivity contribution in [3.05, 3.63) is 24.2 Å². The second-order valence-electron chi connectivity index (χ2n) is 7.81. The Morgan fingerprint density at radius 1 is 1.22 bits per heavy atom. The van der Waals surface area contributed by atoms with Gasteiger partial charge in [-0.1, -0.05) is 0 Å². The zero-order valence-electron chi connectivity index (χ0n) is 18.6. The largest absolute Gasteiger partial charge is 0.467 e. The second kappa shape index (κ2) is 9.52. The van der Waals surface area contributed by atoms with Gasteiger partial charge in [-0.15, -0.1) is 5.10 Å². The number of nitrogens with zero attached hydrogens (tertiary/aromatic N) is 6. The number of rotatable bonds is 10. The van der Waals surface area contributed by atoms with Crippen LogP contribution in [0.1, 0.15) is 31.6 Å². The fraction of sp³-hybridized carbons (Fsp3) is 0.524. The van der Waals surface area contributed by atoms with Gasteiger partial charge in [-0.05, 0) is 19.9 Å². The molecule has 4 heterocycles. The standard InChI is InChI=1S/C21H27N7O4/c1-13(9-29-3)27-6-5-16-17(7-22)23-21(25-19(16)27)24-18-8-28(14(2)10-30-4)26-20(18)32-15-11-31-12-15/h5-6,8,13-15H,9-12H2,1-4H3,(H,23,24,25). The van der Waals surface area contributed by atoms with Gasteiger partial charge in [-0.3, -0.25) is 4.68 Å². The van der Waals surface area contributed by atoms with Gasteiger partial charge in [-0.25, -0.2) is 4.98 Å². The Balaban J connectivity index is 1.70. The molecule has 1 fully saturated rings. The number of hydrogen-bond donors (Lipinski definition) is 1. The topological polar surface area (TPSA) is 121 Å². The molecule has 0 radical (unpaired) electrons. The summed E-state index contributed by atoms with van der Waals surface area (Å²) < 4.78 is 25.5. The second-order valence-corrected chi connectivity index (χ2v) is 7.81. The molecule has 3 aromatic heterocycles. The third-order valence-corrected chi connectivity index (χ3v) is 5.25. The molecule has 3 aromatic rings. The lowest BCUT2D eigenvalue weighted by atomic mass is 10.3. The summed E-state index contributed by atoms with van der Waals surface area (Å²) in [6, 6.07) is 4.06. The molecular formula is C21H27N7O4. The molecule has 2 unspecified atom stereocenters. The molecule has 0 aliphatic carbocycles. The number of hydrogen-bond acceptors (Lipinski definition) is 9. The molecule has 1 aliphatic heterocycles. The van der Waals surface area contributed by atoms with E-state index in [0.29, 0.717) is 49.0 Å². The first-order valence-corrected chi connectivity index (χ1v) is 10.4. The van der Waals surface area contributed by atoms with E-state index in [-0.39, 0.29) is 29.8 Å². The molecule has 32 heavy (non-hydrogen) atoms. The van der Waals surface area contributed by atoms with Crippen LogP contribution in [-0.2, 0) is 14.2 Å². The lowest BCUT2D eigenvalue weighted by Gasteiger charge is -2.26. The van der Waals surface area contributed by atoms with E-state index in [1.54, 1.807) is 18.9 Å². The average molecular weight is 441 g/mol. The van der Waals surface area contributed by atoms with Crippen molar-refractivity contribution in [3.63, 3.8) is 0 Å². The smallest absolute Gasteiger partial charge is 0.257 e. The van der Waals surface area contributed by atoms with Crippen molar-refractivity contribution in [2.75, 3.05) is 46.0 Å². The number of aromatic nitrogens is 5. The molecule has 11 heteroatoms. The summed E-state index contributed by atoms with van der Waals surface area (Å²) in [6.07, 6.45) is 3.66. The first kappa shape index (κ1) is 22.0. The van der Waals surface area contributed by atoms with Crippen molar-refractivity contribution < 1.29 is 18.9 Å². The predicted molar refractivity (Wildman–Crippen MR) is 116 cm³/mol. The van der Waals surface area contributed by atoms with Crippen LogP contribution in [0.3, 0.4) is 0 Å². The average Bonchev–Trinajstić information content (AvgIpc) is 3.35. The highest BCUT2D eigenvalue weighted by atomic mass is 16.6. The summed E-state index contributed by atoms with van der Waals surface area (Å²) in [6.45, 7) is 6.08. The number of ether oxygens (including phenoxy) is 4. The van der Waals surface area contributed by atoms with Crippen LogP contribution in [0.4, 0.5) is 11.6 Å². The number of nitrogens with one attached hydrogen (secondary N) is 1. The van der Waals surface area contributed by atoms with Crippen molar-refractivity contribution in [1.82, 2.24) is 24.3 Å². The minimum Gasteiger partial charge on any atom is -0.467 e. The highest BCUT2D eigenvalue weighted by Crippen LogP contribution is 2.30. The first-order chi connectivity index (χ1) is 15.5. The van der Waals surface area contributed by atoms with Crippen LogP contribution >= 0.6 is 0 Å². The van der Waals surface area contributed by atoms with E-state index >= 15 is 0 Å². The molecule has 0 aromatic carbocycles. The van der Waals surface area contributed by atoms with Crippen LogP contribution in [0.15, 0.2) is 18.5 Å². The number of fused-ring (bicyclic) bond motifs is 1. The molecule has 2 atom stereocenters. The summed E-state index contributed by atoms with van der Waals surface area (Å²) in [4.78, 5) is 9.09. The number of nitriles is 1. The monoisotopic (exact) mass is 441 g/mol. The molecule has 11 nitrogen and oxygen atoms in total. The van der Waals surface area contributed by atoms with Crippen molar-refractivity contribution in [2.45, 2.75) is 32.0 Å². The van der Waals surface area contributed by atoms with E-state index in [2.05, 4.69) is 26.5 Å². The van der Waals surface area contributed by atoms with Crippen LogP contribution in [0, 0.1) is 11.3 Å². The third-order valence-electron chi connectivity index (χ3n) is 5.25. The number of methoxy groups -OCH3 is 2. The van der Waals surface area contributed by atoms with Gasteiger partial charge in [0.1, 0.15) is 23.5 Å². The zero-order chi connectivity index (χ0) is 22.7. The first-order valence-electron chi connectivity index (χ1n) is 10.4. The van der Waals surface area contributed by atoms with Gasteiger partial charge < -0.3 is 28.8 Å². The fourth-order valence-electron chi connectivity index (χ4n) is 3.50. The van der Waals surface area contributed by atoms with Gasteiger partial charge in [0.15, 0.2) is 5.69 Å². The van der Waals surface area contributed by atoms with Gasteiger partial charge in [-0.2, -0.15) is 10.2 Å². The Labute approximate surface area is 185 Å². The summed E-state index contributed by atoms with van der Waals surface area (Å²) in [7, 11) is 3.30. The zero-order valence-corrected chi connectivity index (χ0v) is 18.6. The van der Waals surface area contributed by atoms with Crippen molar-refractivity contribution >= 4 is 22.7 Å². The molecule has 170 valence electrons. The van der Waals surface area contributed by atoms with E-state index in [1.165, 1.54) is 0 Å². The Morgan fingerprint density at radius 2 is 1.97 bits per heavy atom. The molecule has 0 spiro atoms. The van der Waals surface area contributed by atoms with Crippen LogP contribution in [0.25, 0.3) is 11.0 Å². The van der Waals surface area contributed by atoms with E-state index < -0.39 is 0 Å². The Bertz CT molecular complexity index is 1120. The molecule has 1 aliphatic rings. The van der Waals surface area contributed by atoms with Crippen LogP contribution in [0.5, 0.6) is 5.88 Å². The predicted octanol–water partition coefficient (Wildman–Crippen LogP) is 2.44. The highest BCUT2D eigenvalue weighted by Gasteiger charge is 2.25. The summed E-state index contributed by atoms with van der Waals surface area (Å²) >= 11 is 0. The molecule has 0 bridgehead atoms.